The molecule has 82 valence electrons. The van der Waals surface area contributed by atoms with Crippen LogP contribution in [0.2, 0.25) is 0 Å². The molecule has 0 unspecified atom stereocenters. The second kappa shape index (κ2) is 3.11. The molecule has 1 aliphatic heterocycles. The Hall–Kier alpha value is -1.28. The monoisotopic (exact) mass is 212 g/mol. The topological polar surface area (TPSA) is 19.0 Å². The molecule has 4 rings (SSSR count). The number of aromatic amines is 1. The number of hydrogen-bond donors (Lipinski definition) is 1. The fourth-order valence-electron chi connectivity index (χ4n) is 2.94. The van der Waals surface area contributed by atoms with Gasteiger partial charge in [0.1, 0.15) is 0 Å². The van der Waals surface area contributed by atoms with Gasteiger partial charge in [-0.15, -0.1) is 0 Å². The third-order valence-electron chi connectivity index (χ3n) is 3.98. The molecular formula is C14H16N2. The molecule has 1 N–H and O–H groups in total. The first-order valence-corrected chi connectivity index (χ1v) is 6.24. The number of H-pyrrole nitrogens is 1. The Morgan fingerprint density at radius 2 is 2.06 bits per heavy atom. The van der Waals surface area contributed by atoms with Crippen molar-refractivity contribution in [1.29, 1.82) is 0 Å². The average Bonchev–Trinajstić information content (AvgIpc) is 3.10. The van der Waals surface area contributed by atoms with Crippen molar-refractivity contribution in [3.8, 4) is 0 Å². The van der Waals surface area contributed by atoms with Crippen molar-refractivity contribution in [2.75, 3.05) is 6.54 Å². The Kier molecular flexibility index (Phi) is 1.71. The predicted octanol–water partition coefficient (Wildman–Crippen LogP) is 2.69. The van der Waals surface area contributed by atoms with Gasteiger partial charge in [0.15, 0.2) is 0 Å². The maximum absolute atomic E-state index is 3.57. The average molecular weight is 212 g/mol. The molecule has 2 heterocycles. The summed E-state index contributed by atoms with van der Waals surface area (Å²) in [5.74, 6) is 0. The summed E-state index contributed by atoms with van der Waals surface area (Å²) in [6.45, 7) is 2.40. The SMILES string of the molecule is c1ccc2c3c([nH]c2c1)CCN(C1CC1)C3. The predicted molar refractivity (Wildman–Crippen MR) is 65.4 cm³/mol. The van der Waals surface area contributed by atoms with Gasteiger partial charge in [-0.1, -0.05) is 18.2 Å². The zero-order valence-corrected chi connectivity index (χ0v) is 9.37. The minimum atomic E-state index is 0.891. The quantitative estimate of drug-likeness (QED) is 0.770. The Bertz CT molecular complexity index is 537. The van der Waals surface area contributed by atoms with Crippen LogP contribution in [-0.4, -0.2) is 22.5 Å². The van der Waals surface area contributed by atoms with Gasteiger partial charge in [-0.3, -0.25) is 4.90 Å². The van der Waals surface area contributed by atoms with Gasteiger partial charge in [0.05, 0.1) is 0 Å². The molecule has 2 aromatic rings. The molecule has 1 aromatic heterocycles. The lowest BCUT2D eigenvalue weighted by molar-refractivity contribution is 0.244. The molecule has 0 saturated heterocycles. The lowest BCUT2D eigenvalue weighted by Gasteiger charge is -2.26. The van der Waals surface area contributed by atoms with Gasteiger partial charge < -0.3 is 4.98 Å². The van der Waals surface area contributed by atoms with E-state index >= 15 is 0 Å². The van der Waals surface area contributed by atoms with Gasteiger partial charge in [0, 0.05) is 42.1 Å². The third-order valence-corrected chi connectivity index (χ3v) is 3.98. The summed E-state index contributed by atoms with van der Waals surface area (Å²) >= 11 is 0. The molecule has 0 spiro atoms. The largest absolute Gasteiger partial charge is 0.358 e. The van der Waals surface area contributed by atoms with E-state index in [9.17, 15) is 0 Å². The van der Waals surface area contributed by atoms with Crippen molar-refractivity contribution >= 4 is 10.9 Å². The molecule has 0 atom stereocenters. The number of hydrogen-bond acceptors (Lipinski definition) is 1. The van der Waals surface area contributed by atoms with E-state index in [2.05, 4.69) is 34.1 Å². The molecule has 1 aromatic carbocycles. The molecule has 1 aliphatic carbocycles. The normalized spacial score (nSPS) is 21.2. The molecule has 0 radical (unpaired) electrons. The number of para-hydroxylation sites is 1. The highest BCUT2D eigenvalue weighted by Crippen LogP contribution is 2.34. The number of rotatable bonds is 1. The van der Waals surface area contributed by atoms with E-state index in [1.54, 1.807) is 5.56 Å². The van der Waals surface area contributed by atoms with Crippen LogP contribution in [0.25, 0.3) is 10.9 Å². The summed E-state index contributed by atoms with van der Waals surface area (Å²) in [4.78, 5) is 6.22. The van der Waals surface area contributed by atoms with Gasteiger partial charge in [-0.25, -0.2) is 0 Å². The summed E-state index contributed by atoms with van der Waals surface area (Å²) in [5.41, 5.74) is 4.33. The van der Waals surface area contributed by atoms with Crippen LogP contribution in [0.4, 0.5) is 0 Å². The second-order valence-electron chi connectivity index (χ2n) is 5.08. The first-order chi connectivity index (χ1) is 7.92. The summed E-state index contributed by atoms with van der Waals surface area (Å²) in [6.07, 6.45) is 4.02. The number of benzene rings is 1. The van der Waals surface area contributed by atoms with E-state index in [0.29, 0.717) is 0 Å². The Morgan fingerprint density at radius 3 is 2.94 bits per heavy atom. The molecule has 2 aliphatic rings. The van der Waals surface area contributed by atoms with E-state index in [4.69, 9.17) is 0 Å². The molecule has 0 bridgehead atoms. The lowest BCUT2D eigenvalue weighted by Crippen LogP contribution is -2.31. The first kappa shape index (κ1) is 8.82. The van der Waals surface area contributed by atoms with Crippen molar-refractivity contribution in [2.24, 2.45) is 0 Å². The number of nitrogens with zero attached hydrogens (tertiary/aromatic N) is 1. The van der Waals surface area contributed by atoms with E-state index in [0.717, 1.165) is 12.6 Å². The van der Waals surface area contributed by atoms with E-state index in [1.807, 2.05) is 0 Å². The third kappa shape index (κ3) is 1.23. The van der Waals surface area contributed by atoms with Crippen LogP contribution in [0.3, 0.4) is 0 Å². The van der Waals surface area contributed by atoms with Crippen molar-refractivity contribution in [3.05, 3.63) is 35.5 Å². The number of nitrogens with one attached hydrogen (secondary N) is 1. The van der Waals surface area contributed by atoms with Crippen molar-refractivity contribution in [2.45, 2.75) is 31.8 Å². The zero-order valence-electron chi connectivity index (χ0n) is 9.37. The van der Waals surface area contributed by atoms with Crippen LogP contribution >= 0.6 is 0 Å². The van der Waals surface area contributed by atoms with Gasteiger partial charge in [0.25, 0.3) is 0 Å². The van der Waals surface area contributed by atoms with Gasteiger partial charge >= 0.3 is 0 Å². The number of aromatic nitrogens is 1. The van der Waals surface area contributed by atoms with Crippen LogP contribution in [0.1, 0.15) is 24.1 Å². The smallest absolute Gasteiger partial charge is 0.0459 e. The van der Waals surface area contributed by atoms with Crippen LogP contribution in [0.15, 0.2) is 24.3 Å². The highest BCUT2D eigenvalue weighted by Gasteiger charge is 2.32. The Morgan fingerprint density at radius 1 is 1.19 bits per heavy atom. The highest BCUT2D eigenvalue weighted by atomic mass is 15.2. The van der Waals surface area contributed by atoms with Gasteiger partial charge in [0.2, 0.25) is 0 Å². The molecule has 2 nitrogen and oxygen atoms in total. The van der Waals surface area contributed by atoms with E-state index in [1.165, 1.54) is 42.4 Å². The molecule has 1 saturated carbocycles. The summed E-state index contributed by atoms with van der Waals surface area (Å²) in [6, 6.07) is 9.59. The fourth-order valence-corrected chi connectivity index (χ4v) is 2.94. The number of fused-ring (bicyclic) bond motifs is 3. The first-order valence-electron chi connectivity index (χ1n) is 6.24. The van der Waals surface area contributed by atoms with Gasteiger partial charge in [-0.2, -0.15) is 0 Å². The molecule has 1 fully saturated rings. The van der Waals surface area contributed by atoms with Crippen LogP contribution in [0.5, 0.6) is 0 Å². The maximum Gasteiger partial charge on any atom is 0.0459 e. The minimum Gasteiger partial charge on any atom is -0.358 e. The maximum atomic E-state index is 3.57. The molecule has 0 amide bonds. The summed E-state index contributed by atoms with van der Waals surface area (Å²) < 4.78 is 0. The van der Waals surface area contributed by atoms with E-state index < -0.39 is 0 Å². The lowest BCUT2D eigenvalue weighted by atomic mass is 10.0. The highest BCUT2D eigenvalue weighted by molar-refractivity contribution is 5.84. The van der Waals surface area contributed by atoms with Gasteiger partial charge in [-0.05, 0) is 24.5 Å². The fraction of sp³-hybridized carbons (Fsp3) is 0.429. The summed E-state index contributed by atoms with van der Waals surface area (Å²) in [7, 11) is 0. The summed E-state index contributed by atoms with van der Waals surface area (Å²) in [5, 5.41) is 1.43. The Labute approximate surface area is 95.3 Å². The van der Waals surface area contributed by atoms with E-state index in [-0.39, 0.29) is 0 Å². The molecule has 16 heavy (non-hydrogen) atoms. The van der Waals surface area contributed by atoms with Crippen molar-refractivity contribution in [1.82, 2.24) is 9.88 Å². The van der Waals surface area contributed by atoms with Crippen molar-refractivity contribution in [3.63, 3.8) is 0 Å². The minimum absolute atomic E-state index is 0.891. The zero-order chi connectivity index (χ0) is 10.5. The van der Waals surface area contributed by atoms with Crippen LogP contribution in [0, 0.1) is 0 Å². The standard InChI is InChI=1S/C14H16N2/c1-2-4-13-11(3-1)12-9-16(10-5-6-10)8-7-14(12)15-13/h1-4,10,15H,5-9H2. The second-order valence-corrected chi connectivity index (χ2v) is 5.08. The van der Waals surface area contributed by atoms with Crippen molar-refractivity contribution < 1.29 is 0 Å². The molecule has 2 heteroatoms. The Balaban J connectivity index is 1.82. The molecular weight excluding hydrogens is 196 g/mol. The van der Waals surface area contributed by atoms with Crippen LogP contribution in [-0.2, 0) is 13.0 Å². The van der Waals surface area contributed by atoms with Crippen LogP contribution < -0.4 is 0 Å².